The van der Waals surface area contributed by atoms with Crippen LogP contribution in [-0.2, 0) is 10.8 Å². The van der Waals surface area contributed by atoms with Gasteiger partial charge in [0.25, 0.3) is 0 Å². The van der Waals surface area contributed by atoms with Crippen molar-refractivity contribution in [3.05, 3.63) is 28.8 Å². The quantitative estimate of drug-likeness (QED) is 0.788. The molecule has 1 saturated heterocycles. The molecule has 1 aromatic rings. The summed E-state index contributed by atoms with van der Waals surface area (Å²) in [6.45, 7) is 14.1. The second kappa shape index (κ2) is 5.85. The summed E-state index contributed by atoms with van der Waals surface area (Å²) in [5, 5.41) is 14.7. The number of hydrogen-bond donors (Lipinski definition) is 2. The molecule has 1 unspecified atom stereocenters. The summed E-state index contributed by atoms with van der Waals surface area (Å²) in [5.74, 6) is 1.67. The standard InChI is InChI=1S/C18H29NOS/c1-17(2,3)13-10-12(16-19-8-7-9-21-16)11-14(15(13)20)18(4,5)6/h10-11,16,19-20H,7-9H2,1-6H3. The van der Waals surface area contributed by atoms with Gasteiger partial charge in [0.05, 0.1) is 5.37 Å². The minimum atomic E-state index is -0.0561. The number of hydrogen-bond acceptors (Lipinski definition) is 3. The molecule has 0 amide bonds. The lowest BCUT2D eigenvalue weighted by Crippen LogP contribution is -2.26. The molecule has 1 atom stereocenters. The van der Waals surface area contributed by atoms with Crippen molar-refractivity contribution in [1.82, 2.24) is 5.32 Å². The van der Waals surface area contributed by atoms with Gasteiger partial charge in [-0.15, -0.1) is 11.8 Å². The average Bonchev–Trinajstić information content (AvgIpc) is 2.37. The zero-order chi connectivity index (χ0) is 15.8. The SMILES string of the molecule is CC(C)(C)c1cc(C2NCCCS2)cc(C(C)(C)C)c1O. The van der Waals surface area contributed by atoms with E-state index in [4.69, 9.17) is 0 Å². The van der Waals surface area contributed by atoms with Crippen molar-refractivity contribution in [1.29, 1.82) is 0 Å². The fourth-order valence-corrected chi connectivity index (χ4v) is 3.84. The third-order valence-electron chi connectivity index (χ3n) is 3.99. The Kier molecular flexibility index (Phi) is 4.65. The van der Waals surface area contributed by atoms with Crippen molar-refractivity contribution in [3.63, 3.8) is 0 Å². The van der Waals surface area contributed by atoms with Crippen LogP contribution in [0, 0.1) is 0 Å². The molecule has 1 fully saturated rings. The summed E-state index contributed by atoms with van der Waals surface area (Å²) >= 11 is 1.97. The molecule has 1 aromatic carbocycles. The fourth-order valence-electron chi connectivity index (χ4n) is 2.73. The lowest BCUT2D eigenvalue weighted by molar-refractivity contribution is 0.422. The number of rotatable bonds is 1. The van der Waals surface area contributed by atoms with Gasteiger partial charge in [0.15, 0.2) is 0 Å². The van der Waals surface area contributed by atoms with Crippen LogP contribution < -0.4 is 5.32 Å². The Balaban J connectivity index is 2.56. The normalized spacial score (nSPS) is 20.6. The first-order chi connectivity index (χ1) is 9.60. The first-order valence-electron chi connectivity index (χ1n) is 7.83. The van der Waals surface area contributed by atoms with E-state index in [2.05, 4.69) is 59.0 Å². The Morgan fingerprint density at radius 1 is 1.05 bits per heavy atom. The van der Waals surface area contributed by atoms with Crippen molar-refractivity contribution in [2.24, 2.45) is 0 Å². The molecular formula is C18H29NOS. The van der Waals surface area contributed by atoms with Gasteiger partial charge in [0.1, 0.15) is 5.75 Å². The zero-order valence-electron chi connectivity index (χ0n) is 14.2. The first-order valence-corrected chi connectivity index (χ1v) is 8.88. The maximum absolute atomic E-state index is 10.8. The van der Waals surface area contributed by atoms with Crippen LogP contribution in [0.3, 0.4) is 0 Å². The zero-order valence-corrected chi connectivity index (χ0v) is 15.0. The van der Waals surface area contributed by atoms with Gasteiger partial charge in [-0.2, -0.15) is 0 Å². The van der Waals surface area contributed by atoms with Crippen molar-refractivity contribution in [2.75, 3.05) is 12.3 Å². The lowest BCUT2D eigenvalue weighted by atomic mass is 9.78. The van der Waals surface area contributed by atoms with E-state index >= 15 is 0 Å². The van der Waals surface area contributed by atoms with E-state index in [0.717, 1.165) is 17.7 Å². The summed E-state index contributed by atoms with van der Waals surface area (Å²) < 4.78 is 0. The van der Waals surface area contributed by atoms with Crippen molar-refractivity contribution < 1.29 is 5.11 Å². The number of phenolic OH excluding ortho intramolecular Hbond substituents is 1. The summed E-state index contributed by atoms with van der Waals surface area (Å²) in [5.41, 5.74) is 3.29. The minimum Gasteiger partial charge on any atom is -0.507 e. The van der Waals surface area contributed by atoms with E-state index in [9.17, 15) is 5.11 Å². The predicted octanol–water partition coefficient (Wildman–Crippen LogP) is 4.71. The lowest BCUT2D eigenvalue weighted by Gasteiger charge is -2.31. The molecule has 2 rings (SSSR count). The second-order valence-corrected chi connectivity index (χ2v) is 9.24. The van der Waals surface area contributed by atoms with Gasteiger partial charge in [-0.25, -0.2) is 0 Å². The molecule has 2 N–H and O–H groups in total. The molecule has 0 aliphatic carbocycles. The first kappa shape index (κ1) is 16.7. The van der Waals surface area contributed by atoms with Gasteiger partial charge in [0, 0.05) is 0 Å². The highest BCUT2D eigenvalue weighted by molar-refractivity contribution is 7.99. The molecule has 1 aliphatic rings. The van der Waals surface area contributed by atoms with Crippen LogP contribution in [0.2, 0.25) is 0 Å². The molecule has 1 aliphatic heterocycles. The highest BCUT2D eigenvalue weighted by Gasteiger charge is 2.28. The van der Waals surface area contributed by atoms with E-state index < -0.39 is 0 Å². The highest BCUT2D eigenvalue weighted by atomic mass is 32.2. The molecular weight excluding hydrogens is 278 g/mol. The predicted molar refractivity (Wildman–Crippen MR) is 93.3 cm³/mol. The van der Waals surface area contributed by atoms with Crippen LogP contribution in [0.25, 0.3) is 0 Å². The molecule has 21 heavy (non-hydrogen) atoms. The van der Waals surface area contributed by atoms with E-state index in [1.54, 1.807) is 0 Å². The number of phenols is 1. The van der Waals surface area contributed by atoms with E-state index in [1.807, 2.05) is 11.8 Å². The largest absolute Gasteiger partial charge is 0.507 e. The number of thioether (sulfide) groups is 1. The van der Waals surface area contributed by atoms with Crippen LogP contribution in [-0.4, -0.2) is 17.4 Å². The maximum atomic E-state index is 10.8. The van der Waals surface area contributed by atoms with Gasteiger partial charge in [-0.3, -0.25) is 0 Å². The van der Waals surface area contributed by atoms with Gasteiger partial charge in [0.2, 0.25) is 0 Å². The molecule has 0 bridgehead atoms. The summed E-state index contributed by atoms with van der Waals surface area (Å²) in [6.07, 6.45) is 1.23. The van der Waals surface area contributed by atoms with Gasteiger partial charge < -0.3 is 10.4 Å². The smallest absolute Gasteiger partial charge is 0.123 e. The third kappa shape index (κ3) is 3.75. The van der Waals surface area contributed by atoms with Crippen LogP contribution in [0.4, 0.5) is 0 Å². The molecule has 0 radical (unpaired) electrons. The van der Waals surface area contributed by atoms with Crippen LogP contribution in [0.15, 0.2) is 12.1 Å². The molecule has 1 heterocycles. The average molecular weight is 308 g/mol. The van der Waals surface area contributed by atoms with Crippen LogP contribution in [0.1, 0.15) is 70.0 Å². The second-order valence-electron chi connectivity index (χ2n) is 8.02. The van der Waals surface area contributed by atoms with E-state index in [1.165, 1.54) is 17.7 Å². The van der Waals surface area contributed by atoms with Crippen molar-refractivity contribution in [3.8, 4) is 5.75 Å². The fraction of sp³-hybridized carbons (Fsp3) is 0.667. The highest BCUT2D eigenvalue weighted by Crippen LogP contribution is 2.42. The van der Waals surface area contributed by atoms with Crippen molar-refractivity contribution >= 4 is 11.8 Å². The molecule has 3 heteroatoms. The van der Waals surface area contributed by atoms with Gasteiger partial charge >= 0.3 is 0 Å². The molecule has 118 valence electrons. The third-order valence-corrected chi connectivity index (χ3v) is 5.28. The number of nitrogens with one attached hydrogen (secondary N) is 1. The summed E-state index contributed by atoms with van der Waals surface area (Å²) in [7, 11) is 0. The molecule has 2 nitrogen and oxygen atoms in total. The van der Waals surface area contributed by atoms with Crippen LogP contribution >= 0.6 is 11.8 Å². The number of aromatic hydroxyl groups is 1. The Morgan fingerprint density at radius 3 is 1.95 bits per heavy atom. The minimum absolute atomic E-state index is 0.0561. The Labute approximate surface area is 133 Å². The molecule has 0 spiro atoms. The Morgan fingerprint density at radius 2 is 1.57 bits per heavy atom. The number of benzene rings is 1. The monoisotopic (exact) mass is 307 g/mol. The van der Waals surface area contributed by atoms with Crippen LogP contribution in [0.5, 0.6) is 5.75 Å². The van der Waals surface area contributed by atoms with Gasteiger partial charge in [-0.1, -0.05) is 41.5 Å². The summed E-state index contributed by atoms with van der Waals surface area (Å²) in [4.78, 5) is 0. The topological polar surface area (TPSA) is 32.3 Å². The van der Waals surface area contributed by atoms with Gasteiger partial charge in [-0.05, 0) is 58.4 Å². The maximum Gasteiger partial charge on any atom is 0.123 e. The molecule has 0 saturated carbocycles. The Bertz CT molecular complexity index is 470. The van der Waals surface area contributed by atoms with E-state index in [0.29, 0.717) is 11.1 Å². The summed E-state index contributed by atoms with van der Waals surface area (Å²) in [6, 6.07) is 4.39. The molecule has 0 aromatic heterocycles. The van der Waals surface area contributed by atoms with Crippen molar-refractivity contribution in [2.45, 2.75) is 64.2 Å². The van der Waals surface area contributed by atoms with E-state index in [-0.39, 0.29) is 10.8 Å². The Hall–Kier alpha value is -0.670.